The first kappa shape index (κ1) is 15.4. The summed E-state index contributed by atoms with van der Waals surface area (Å²) < 4.78 is 32.0. The molecule has 3 rings (SSSR count). The maximum Gasteiger partial charge on any atom is 0.248 e. The van der Waals surface area contributed by atoms with Gasteiger partial charge in [0.25, 0.3) is 0 Å². The number of thiazole rings is 1. The van der Waals surface area contributed by atoms with Crippen LogP contribution in [0.1, 0.15) is 16.3 Å². The molecule has 0 unspecified atom stereocenters. The molecule has 0 spiro atoms. The van der Waals surface area contributed by atoms with E-state index >= 15 is 0 Å². The minimum atomic E-state index is -3.55. The van der Waals surface area contributed by atoms with E-state index in [-0.39, 0.29) is 4.90 Å². The number of hydrogen-bond donors (Lipinski definition) is 0. The molecule has 1 aliphatic heterocycles. The van der Waals surface area contributed by atoms with Crippen molar-refractivity contribution in [2.45, 2.75) is 25.7 Å². The van der Waals surface area contributed by atoms with Crippen LogP contribution in [-0.4, -0.2) is 49.0 Å². The standard InChI is InChI=1S/C13H18N4O3S2/c1-9-8-14-13(21-9)16-4-6-17(7-5-16)22(18,19)12-10(2)15-20-11(12)3/h8H,4-7H2,1-3H3. The van der Waals surface area contributed by atoms with Crippen molar-refractivity contribution in [3.05, 3.63) is 22.5 Å². The van der Waals surface area contributed by atoms with Crippen LogP contribution in [0.2, 0.25) is 0 Å². The average molecular weight is 342 g/mol. The third-order valence-corrected chi connectivity index (χ3v) is 6.80. The Hall–Kier alpha value is -1.45. The Bertz CT molecular complexity index is 754. The number of hydrogen-bond acceptors (Lipinski definition) is 7. The van der Waals surface area contributed by atoms with E-state index in [1.54, 1.807) is 25.2 Å². The number of aryl methyl sites for hydroxylation is 3. The summed E-state index contributed by atoms with van der Waals surface area (Å²) in [5, 5.41) is 4.69. The van der Waals surface area contributed by atoms with Crippen molar-refractivity contribution in [2.24, 2.45) is 0 Å². The highest BCUT2D eigenvalue weighted by Gasteiger charge is 2.33. The molecule has 0 aromatic carbocycles. The molecule has 3 heterocycles. The SMILES string of the molecule is Cc1cnc(N2CCN(S(=O)(=O)c3c(C)noc3C)CC2)s1. The molecule has 0 atom stereocenters. The lowest BCUT2D eigenvalue weighted by Gasteiger charge is -2.33. The maximum absolute atomic E-state index is 12.7. The largest absolute Gasteiger partial charge is 0.360 e. The number of anilines is 1. The van der Waals surface area contributed by atoms with Gasteiger partial charge in [-0.05, 0) is 20.8 Å². The summed E-state index contributed by atoms with van der Waals surface area (Å²) in [4.78, 5) is 7.83. The average Bonchev–Trinajstić information content (AvgIpc) is 3.05. The topological polar surface area (TPSA) is 79.5 Å². The molecule has 1 saturated heterocycles. The molecule has 9 heteroatoms. The molecule has 0 radical (unpaired) electrons. The molecule has 0 saturated carbocycles. The number of aromatic nitrogens is 2. The van der Waals surface area contributed by atoms with E-state index < -0.39 is 10.0 Å². The van der Waals surface area contributed by atoms with Gasteiger partial charge in [0.15, 0.2) is 10.9 Å². The molecule has 2 aromatic heterocycles. The van der Waals surface area contributed by atoms with Crippen molar-refractivity contribution < 1.29 is 12.9 Å². The van der Waals surface area contributed by atoms with Crippen LogP contribution in [-0.2, 0) is 10.0 Å². The van der Waals surface area contributed by atoms with Crippen molar-refractivity contribution in [3.8, 4) is 0 Å². The van der Waals surface area contributed by atoms with Gasteiger partial charge in [-0.25, -0.2) is 13.4 Å². The van der Waals surface area contributed by atoms with Gasteiger partial charge in [0.2, 0.25) is 10.0 Å². The Kier molecular flexibility index (Phi) is 3.96. The summed E-state index contributed by atoms with van der Waals surface area (Å²) in [6.07, 6.45) is 1.84. The minimum Gasteiger partial charge on any atom is -0.360 e. The number of piperazine rings is 1. The normalized spacial score (nSPS) is 17.1. The van der Waals surface area contributed by atoms with Gasteiger partial charge in [0, 0.05) is 37.3 Å². The number of sulfonamides is 1. The lowest BCUT2D eigenvalue weighted by Crippen LogP contribution is -2.48. The van der Waals surface area contributed by atoms with Crippen LogP contribution in [0.4, 0.5) is 5.13 Å². The molecule has 0 N–H and O–H groups in total. The molecule has 0 aliphatic carbocycles. The number of rotatable bonds is 3. The first-order valence-electron chi connectivity index (χ1n) is 7.00. The Balaban J connectivity index is 1.76. The maximum atomic E-state index is 12.7. The van der Waals surface area contributed by atoms with Crippen LogP contribution in [0, 0.1) is 20.8 Å². The van der Waals surface area contributed by atoms with E-state index in [2.05, 4.69) is 15.0 Å². The summed E-state index contributed by atoms with van der Waals surface area (Å²) in [6.45, 7) is 7.43. The molecule has 1 fully saturated rings. The quantitative estimate of drug-likeness (QED) is 0.842. The second-order valence-electron chi connectivity index (χ2n) is 5.30. The van der Waals surface area contributed by atoms with Crippen LogP contribution in [0.25, 0.3) is 0 Å². The van der Waals surface area contributed by atoms with Crippen molar-refractivity contribution in [2.75, 3.05) is 31.1 Å². The van der Waals surface area contributed by atoms with Gasteiger partial charge in [-0.15, -0.1) is 11.3 Å². The molecule has 0 amide bonds. The lowest BCUT2D eigenvalue weighted by atomic mass is 10.4. The molecule has 120 valence electrons. The molecule has 2 aromatic rings. The third-order valence-electron chi connectivity index (χ3n) is 3.68. The second kappa shape index (κ2) is 5.64. The Morgan fingerprint density at radius 3 is 2.36 bits per heavy atom. The highest BCUT2D eigenvalue weighted by molar-refractivity contribution is 7.89. The van der Waals surface area contributed by atoms with E-state index in [9.17, 15) is 8.42 Å². The van der Waals surface area contributed by atoms with E-state index in [1.165, 1.54) is 4.31 Å². The van der Waals surface area contributed by atoms with Crippen LogP contribution >= 0.6 is 11.3 Å². The zero-order valence-electron chi connectivity index (χ0n) is 12.7. The van der Waals surface area contributed by atoms with Gasteiger partial charge >= 0.3 is 0 Å². The zero-order chi connectivity index (χ0) is 15.9. The predicted molar refractivity (Wildman–Crippen MR) is 83.8 cm³/mol. The summed E-state index contributed by atoms with van der Waals surface area (Å²) in [5.74, 6) is 0.343. The van der Waals surface area contributed by atoms with Crippen LogP contribution in [0.3, 0.4) is 0 Å². The Labute approximate surface area is 133 Å². The van der Waals surface area contributed by atoms with Gasteiger partial charge in [-0.2, -0.15) is 4.31 Å². The fourth-order valence-corrected chi connectivity index (χ4v) is 5.10. The predicted octanol–water partition coefficient (Wildman–Crippen LogP) is 1.57. The van der Waals surface area contributed by atoms with E-state index in [0.29, 0.717) is 37.6 Å². The molecule has 0 bridgehead atoms. The monoisotopic (exact) mass is 342 g/mol. The summed E-state index contributed by atoms with van der Waals surface area (Å²) in [7, 11) is -3.55. The summed E-state index contributed by atoms with van der Waals surface area (Å²) in [6, 6.07) is 0. The molecule has 1 aliphatic rings. The fraction of sp³-hybridized carbons (Fsp3) is 0.538. The van der Waals surface area contributed by atoms with E-state index in [1.807, 2.05) is 13.1 Å². The smallest absolute Gasteiger partial charge is 0.248 e. The summed E-state index contributed by atoms with van der Waals surface area (Å²) >= 11 is 1.63. The summed E-state index contributed by atoms with van der Waals surface area (Å²) in [5.41, 5.74) is 0.412. The zero-order valence-corrected chi connectivity index (χ0v) is 14.4. The third kappa shape index (κ3) is 2.64. The van der Waals surface area contributed by atoms with Crippen LogP contribution in [0.15, 0.2) is 15.6 Å². The molecular formula is C13H18N4O3S2. The van der Waals surface area contributed by atoms with Gasteiger partial charge < -0.3 is 9.42 Å². The van der Waals surface area contributed by atoms with E-state index in [4.69, 9.17) is 4.52 Å². The lowest BCUT2D eigenvalue weighted by molar-refractivity contribution is 0.378. The van der Waals surface area contributed by atoms with Crippen molar-refractivity contribution in [1.29, 1.82) is 0 Å². The van der Waals surface area contributed by atoms with Gasteiger partial charge in [0.1, 0.15) is 10.6 Å². The molecule has 7 nitrogen and oxygen atoms in total. The molecule has 22 heavy (non-hydrogen) atoms. The second-order valence-corrected chi connectivity index (χ2v) is 8.39. The van der Waals surface area contributed by atoms with Crippen molar-refractivity contribution in [3.63, 3.8) is 0 Å². The van der Waals surface area contributed by atoms with Crippen LogP contribution < -0.4 is 4.90 Å². The fourth-order valence-electron chi connectivity index (χ4n) is 2.58. The van der Waals surface area contributed by atoms with Gasteiger partial charge in [-0.1, -0.05) is 5.16 Å². The minimum absolute atomic E-state index is 0.200. The number of nitrogens with zero attached hydrogens (tertiary/aromatic N) is 4. The highest BCUT2D eigenvalue weighted by atomic mass is 32.2. The first-order chi connectivity index (χ1) is 10.4. The molecular weight excluding hydrogens is 324 g/mol. The van der Waals surface area contributed by atoms with Gasteiger partial charge in [0.05, 0.1) is 0 Å². The van der Waals surface area contributed by atoms with Gasteiger partial charge in [-0.3, -0.25) is 0 Å². The Morgan fingerprint density at radius 1 is 1.18 bits per heavy atom. The van der Waals surface area contributed by atoms with Crippen molar-refractivity contribution in [1.82, 2.24) is 14.4 Å². The van der Waals surface area contributed by atoms with Crippen molar-refractivity contribution >= 4 is 26.5 Å². The van der Waals surface area contributed by atoms with E-state index in [0.717, 1.165) is 10.0 Å². The first-order valence-corrected chi connectivity index (χ1v) is 9.25. The Morgan fingerprint density at radius 2 is 1.86 bits per heavy atom. The van der Waals surface area contributed by atoms with Crippen LogP contribution in [0.5, 0.6) is 0 Å². The highest BCUT2D eigenvalue weighted by Crippen LogP contribution is 2.27.